The van der Waals surface area contributed by atoms with Crippen molar-refractivity contribution in [2.75, 3.05) is 6.61 Å². The van der Waals surface area contributed by atoms with Crippen molar-refractivity contribution in [1.82, 2.24) is 0 Å². The average Bonchev–Trinajstić information content (AvgIpc) is 2.34. The van der Waals surface area contributed by atoms with E-state index in [1.165, 1.54) is 0 Å². The molecule has 0 radical (unpaired) electrons. The third-order valence-corrected chi connectivity index (χ3v) is 2.20. The first-order chi connectivity index (χ1) is 8.70. The van der Waals surface area contributed by atoms with E-state index >= 15 is 0 Å². The van der Waals surface area contributed by atoms with Crippen LogP contribution in [0.15, 0.2) is 48.6 Å². The quantitative estimate of drug-likeness (QED) is 0.435. The van der Waals surface area contributed by atoms with Crippen LogP contribution in [0.25, 0.3) is 0 Å². The van der Waals surface area contributed by atoms with Gasteiger partial charge in [0.1, 0.15) is 0 Å². The van der Waals surface area contributed by atoms with Crippen LogP contribution < -0.4 is 0 Å². The Balaban J connectivity index is 3.82. The Hall–Kier alpha value is -1.16. The topological polar surface area (TPSA) is 60.7 Å². The molecular formula is C15H24O3. The van der Waals surface area contributed by atoms with Gasteiger partial charge < -0.3 is 15.3 Å². The summed E-state index contributed by atoms with van der Waals surface area (Å²) >= 11 is 0. The number of aliphatic hydroxyl groups excluding tert-OH is 3. The normalized spacial score (nSPS) is 16.4. The summed E-state index contributed by atoms with van der Waals surface area (Å²) in [5.41, 5.74) is 0. The van der Waals surface area contributed by atoms with Gasteiger partial charge >= 0.3 is 0 Å². The van der Waals surface area contributed by atoms with Gasteiger partial charge in [-0.25, -0.2) is 0 Å². The molecule has 3 heteroatoms. The van der Waals surface area contributed by atoms with Crippen molar-refractivity contribution in [2.45, 2.75) is 38.4 Å². The van der Waals surface area contributed by atoms with Crippen LogP contribution in [0.4, 0.5) is 0 Å². The molecule has 0 aromatic rings. The monoisotopic (exact) mass is 252 g/mol. The molecule has 0 saturated carbocycles. The molecule has 0 amide bonds. The molecule has 0 saturated heterocycles. The van der Waals surface area contributed by atoms with Gasteiger partial charge in [-0.2, -0.15) is 0 Å². The largest absolute Gasteiger partial charge is 0.396 e. The van der Waals surface area contributed by atoms with Crippen LogP contribution in [0.3, 0.4) is 0 Å². The second-order valence-electron chi connectivity index (χ2n) is 3.92. The minimum atomic E-state index is -0.603. The molecule has 18 heavy (non-hydrogen) atoms. The van der Waals surface area contributed by atoms with Crippen molar-refractivity contribution in [2.24, 2.45) is 0 Å². The maximum Gasteiger partial charge on any atom is 0.0758 e. The molecule has 0 rings (SSSR count). The number of hydrogen-bond donors (Lipinski definition) is 3. The summed E-state index contributed by atoms with van der Waals surface area (Å²) in [6.07, 6.45) is 15.3. The van der Waals surface area contributed by atoms with Crippen molar-refractivity contribution in [3.8, 4) is 0 Å². The molecule has 2 atom stereocenters. The Bertz CT molecular complexity index is 290. The minimum absolute atomic E-state index is 0.0212. The third-order valence-electron chi connectivity index (χ3n) is 2.20. The lowest BCUT2D eigenvalue weighted by molar-refractivity contribution is 0.170. The fraction of sp³-hybridized carbons (Fsp3) is 0.467. The molecule has 3 nitrogen and oxygen atoms in total. The van der Waals surface area contributed by atoms with E-state index in [1.54, 1.807) is 36.5 Å². The molecule has 0 heterocycles. The molecule has 0 fully saturated rings. The SMILES string of the molecule is CCC=CCC(O)C=CC=CC=CC(O)CCO. The Kier molecular flexibility index (Phi) is 11.5. The van der Waals surface area contributed by atoms with Gasteiger partial charge in [-0.05, 0) is 19.3 Å². The van der Waals surface area contributed by atoms with Crippen molar-refractivity contribution in [1.29, 1.82) is 0 Å². The van der Waals surface area contributed by atoms with Crippen LogP contribution in [0.5, 0.6) is 0 Å². The summed E-state index contributed by atoms with van der Waals surface area (Å²) in [6.45, 7) is 2.03. The van der Waals surface area contributed by atoms with Gasteiger partial charge in [0.2, 0.25) is 0 Å². The van der Waals surface area contributed by atoms with Gasteiger partial charge in [0.25, 0.3) is 0 Å². The summed E-state index contributed by atoms with van der Waals surface area (Å²) in [5.74, 6) is 0. The van der Waals surface area contributed by atoms with Crippen molar-refractivity contribution >= 4 is 0 Å². The summed E-state index contributed by atoms with van der Waals surface area (Å²) in [4.78, 5) is 0. The molecule has 0 spiro atoms. The van der Waals surface area contributed by atoms with Gasteiger partial charge in [-0.1, -0.05) is 55.5 Å². The number of allylic oxidation sites excluding steroid dienone is 5. The van der Waals surface area contributed by atoms with Gasteiger partial charge in [0, 0.05) is 6.61 Å². The predicted molar refractivity (Wildman–Crippen MR) is 75.2 cm³/mol. The van der Waals surface area contributed by atoms with Gasteiger partial charge in [-0.3, -0.25) is 0 Å². The predicted octanol–water partition coefficient (Wildman–Crippen LogP) is 2.12. The zero-order chi connectivity index (χ0) is 13.6. The number of aliphatic hydroxyl groups is 3. The van der Waals surface area contributed by atoms with Crippen LogP contribution in [-0.2, 0) is 0 Å². The molecule has 0 bridgehead atoms. The molecule has 0 aromatic heterocycles. The number of hydrogen-bond acceptors (Lipinski definition) is 3. The van der Waals surface area contributed by atoms with E-state index in [4.69, 9.17) is 5.11 Å². The van der Waals surface area contributed by atoms with Gasteiger partial charge in [-0.15, -0.1) is 0 Å². The zero-order valence-corrected chi connectivity index (χ0v) is 10.9. The maximum atomic E-state index is 9.53. The van der Waals surface area contributed by atoms with E-state index in [9.17, 15) is 10.2 Å². The van der Waals surface area contributed by atoms with E-state index < -0.39 is 12.2 Å². The lowest BCUT2D eigenvalue weighted by Crippen LogP contribution is -2.03. The average molecular weight is 252 g/mol. The first-order valence-corrected chi connectivity index (χ1v) is 6.34. The van der Waals surface area contributed by atoms with E-state index in [-0.39, 0.29) is 6.61 Å². The van der Waals surface area contributed by atoms with Crippen LogP contribution >= 0.6 is 0 Å². The maximum absolute atomic E-state index is 9.53. The highest BCUT2D eigenvalue weighted by atomic mass is 16.3. The molecule has 0 aliphatic carbocycles. The van der Waals surface area contributed by atoms with Crippen LogP contribution in [-0.4, -0.2) is 34.1 Å². The van der Waals surface area contributed by atoms with E-state index in [1.807, 2.05) is 12.2 Å². The molecule has 0 aliphatic heterocycles. The fourth-order valence-electron chi connectivity index (χ4n) is 1.22. The molecular weight excluding hydrogens is 228 g/mol. The fourth-order valence-corrected chi connectivity index (χ4v) is 1.22. The molecule has 0 aromatic carbocycles. The molecule has 102 valence electrons. The minimum Gasteiger partial charge on any atom is -0.396 e. The third kappa shape index (κ3) is 11.3. The Morgan fingerprint density at radius 3 is 2.06 bits per heavy atom. The lowest BCUT2D eigenvalue weighted by Gasteiger charge is -1.99. The van der Waals surface area contributed by atoms with Crippen LogP contribution in [0, 0.1) is 0 Å². The Morgan fingerprint density at radius 2 is 1.50 bits per heavy atom. The van der Waals surface area contributed by atoms with Crippen molar-refractivity contribution < 1.29 is 15.3 Å². The van der Waals surface area contributed by atoms with Gasteiger partial charge in [0.15, 0.2) is 0 Å². The highest BCUT2D eigenvalue weighted by Crippen LogP contribution is 1.97. The molecule has 3 N–H and O–H groups in total. The van der Waals surface area contributed by atoms with Crippen molar-refractivity contribution in [3.63, 3.8) is 0 Å². The van der Waals surface area contributed by atoms with Crippen molar-refractivity contribution in [3.05, 3.63) is 48.6 Å². The highest BCUT2D eigenvalue weighted by molar-refractivity contribution is 5.13. The van der Waals surface area contributed by atoms with E-state index in [0.29, 0.717) is 12.8 Å². The highest BCUT2D eigenvalue weighted by Gasteiger charge is 1.94. The second kappa shape index (κ2) is 12.3. The van der Waals surface area contributed by atoms with Crippen LogP contribution in [0.1, 0.15) is 26.2 Å². The molecule has 0 aliphatic rings. The summed E-state index contributed by atoms with van der Waals surface area (Å²) in [6, 6.07) is 0. The zero-order valence-electron chi connectivity index (χ0n) is 10.9. The summed E-state index contributed by atoms with van der Waals surface area (Å²) in [5, 5.41) is 27.4. The standard InChI is InChI=1S/C15H24O3/c1-2-3-6-9-14(17)10-7-4-5-8-11-15(18)12-13-16/h3-8,10-11,14-18H,2,9,12-13H2,1H3. The molecule has 2 unspecified atom stereocenters. The number of rotatable bonds is 9. The first-order valence-electron chi connectivity index (χ1n) is 6.34. The Morgan fingerprint density at radius 1 is 0.889 bits per heavy atom. The van der Waals surface area contributed by atoms with Crippen LogP contribution in [0.2, 0.25) is 0 Å². The van der Waals surface area contributed by atoms with Gasteiger partial charge in [0.05, 0.1) is 12.2 Å². The Labute approximate surface area is 109 Å². The summed E-state index contributed by atoms with van der Waals surface area (Å²) < 4.78 is 0. The summed E-state index contributed by atoms with van der Waals surface area (Å²) in [7, 11) is 0. The first kappa shape index (κ1) is 16.8. The lowest BCUT2D eigenvalue weighted by atomic mass is 10.2. The second-order valence-corrected chi connectivity index (χ2v) is 3.92. The van der Waals surface area contributed by atoms with E-state index in [0.717, 1.165) is 6.42 Å². The van der Waals surface area contributed by atoms with E-state index in [2.05, 4.69) is 6.92 Å². The smallest absolute Gasteiger partial charge is 0.0758 e.